The van der Waals surface area contributed by atoms with Crippen LogP contribution < -0.4 is 5.32 Å². The highest BCUT2D eigenvalue weighted by atomic mass is 16.3. The number of nitrogens with one attached hydrogen (secondary N) is 1. The molecule has 1 N–H and O–H groups in total. The molecule has 0 radical (unpaired) electrons. The van der Waals surface area contributed by atoms with E-state index in [1.54, 1.807) is 0 Å². The van der Waals surface area contributed by atoms with Crippen LogP contribution in [0.4, 0.5) is 0 Å². The zero-order valence-corrected chi connectivity index (χ0v) is 15.3. The van der Waals surface area contributed by atoms with Gasteiger partial charge in [-0.15, -0.1) is 0 Å². The van der Waals surface area contributed by atoms with Crippen molar-refractivity contribution in [1.82, 2.24) is 5.32 Å². The monoisotopic (exact) mass is 343 g/mol. The van der Waals surface area contributed by atoms with E-state index in [1.165, 1.54) is 40.6 Å². The van der Waals surface area contributed by atoms with Gasteiger partial charge in [0.1, 0.15) is 11.3 Å². The Bertz CT molecular complexity index is 969. The van der Waals surface area contributed by atoms with Crippen molar-refractivity contribution in [2.45, 2.75) is 51.0 Å². The van der Waals surface area contributed by atoms with Crippen molar-refractivity contribution in [3.8, 4) is 0 Å². The summed E-state index contributed by atoms with van der Waals surface area (Å²) in [5, 5.41) is 5.07. The SMILES string of the molecule is CC1CCC(C2=CC=CCC2)=C(C2CC=Cc3c2oc2ccccc32)N1. The Morgan fingerprint density at radius 2 is 2.04 bits per heavy atom. The molecule has 1 aromatic carbocycles. The Morgan fingerprint density at radius 3 is 2.92 bits per heavy atom. The first-order valence-corrected chi connectivity index (χ1v) is 9.85. The fraction of sp³-hybridized carbons (Fsp3) is 0.333. The highest BCUT2D eigenvalue weighted by Gasteiger charge is 2.32. The summed E-state index contributed by atoms with van der Waals surface area (Å²) in [6.07, 6.45) is 17.0. The van der Waals surface area contributed by atoms with Gasteiger partial charge < -0.3 is 9.73 Å². The molecule has 1 aliphatic heterocycles. The molecule has 0 saturated carbocycles. The van der Waals surface area contributed by atoms with Crippen molar-refractivity contribution >= 4 is 17.0 Å². The molecule has 0 amide bonds. The summed E-state index contributed by atoms with van der Waals surface area (Å²) < 4.78 is 6.37. The lowest BCUT2D eigenvalue weighted by molar-refractivity contribution is 0.453. The van der Waals surface area contributed by atoms with Crippen molar-refractivity contribution in [3.05, 3.63) is 76.7 Å². The minimum atomic E-state index is 0.298. The molecule has 0 fully saturated rings. The summed E-state index contributed by atoms with van der Waals surface area (Å²) in [5.41, 5.74) is 6.70. The third-order valence-electron chi connectivity index (χ3n) is 5.94. The Balaban J connectivity index is 1.66. The lowest BCUT2D eigenvalue weighted by Crippen LogP contribution is -2.34. The van der Waals surface area contributed by atoms with E-state index in [4.69, 9.17) is 4.42 Å². The Kier molecular flexibility index (Phi) is 3.85. The average molecular weight is 343 g/mol. The van der Waals surface area contributed by atoms with E-state index < -0.39 is 0 Å². The summed E-state index contributed by atoms with van der Waals surface area (Å²) in [5.74, 6) is 1.43. The lowest BCUT2D eigenvalue weighted by Gasteiger charge is -2.33. The molecule has 26 heavy (non-hydrogen) atoms. The normalized spacial score (nSPS) is 25.2. The molecule has 3 aliphatic rings. The van der Waals surface area contributed by atoms with Crippen LogP contribution >= 0.6 is 0 Å². The van der Waals surface area contributed by atoms with Crippen LogP contribution in [0.3, 0.4) is 0 Å². The predicted octanol–water partition coefficient (Wildman–Crippen LogP) is 6.24. The molecule has 1 aromatic heterocycles. The third-order valence-corrected chi connectivity index (χ3v) is 5.94. The fourth-order valence-electron chi connectivity index (χ4n) is 4.61. The van der Waals surface area contributed by atoms with E-state index in [-0.39, 0.29) is 0 Å². The molecule has 2 aromatic rings. The molecule has 2 heteroatoms. The number of hydrogen-bond donors (Lipinski definition) is 1. The van der Waals surface area contributed by atoms with Crippen LogP contribution in [0, 0.1) is 0 Å². The Morgan fingerprint density at radius 1 is 1.12 bits per heavy atom. The summed E-state index contributed by atoms with van der Waals surface area (Å²) in [6.45, 7) is 2.30. The van der Waals surface area contributed by atoms with Crippen molar-refractivity contribution in [2.75, 3.05) is 0 Å². The molecular weight excluding hydrogens is 318 g/mol. The topological polar surface area (TPSA) is 25.2 Å². The minimum Gasteiger partial charge on any atom is -0.460 e. The van der Waals surface area contributed by atoms with Gasteiger partial charge in [-0.25, -0.2) is 0 Å². The zero-order valence-electron chi connectivity index (χ0n) is 15.3. The van der Waals surface area contributed by atoms with Gasteiger partial charge in [0.05, 0.1) is 5.92 Å². The number of hydrogen-bond acceptors (Lipinski definition) is 2. The quantitative estimate of drug-likeness (QED) is 0.698. The first kappa shape index (κ1) is 15.7. The van der Waals surface area contributed by atoms with Crippen LogP contribution in [-0.4, -0.2) is 6.04 Å². The van der Waals surface area contributed by atoms with Crippen molar-refractivity contribution in [3.63, 3.8) is 0 Å². The molecular formula is C24H25NO. The molecule has 5 rings (SSSR count). The summed E-state index contributed by atoms with van der Waals surface area (Å²) in [7, 11) is 0. The first-order chi connectivity index (χ1) is 12.8. The second kappa shape index (κ2) is 6.35. The summed E-state index contributed by atoms with van der Waals surface area (Å²) in [4.78, 5) is 0. The van der Waals surface area contributed by atoms with Crippen LogP contribution in [-0.2, 0) is 0 Å². The second-order valence-corrected chi connectivity index (χ2v) is 7.70. The van der Waals surface area contributed by atoms with E-state index in [1.807, 2.05) is 0 Å². The largest absolute Gasteiger partial charge is 0.460 e. The molecule has 0 spiro atoms. The number of fused-ring (bicyclic) bond motifs is 3. The molecule has 2 nitrogen and oxygen atoms in total. The lowest BCUT2D eigenvalue weighted by atomic mass is 9.81. The highest BCUT2D eigenvalue weighted by Crippen LogP contribution is 2.44. The van der Waals surface area contributed by atoms with Gasteiger partial charge in [0.15, 0.2) is 0 Å². The van der Waals surface area contributed by atoms with Gasteiger partial charge in [0.2, 0.25) is 0 Å². The number of benzene rings is 1. The van der Waals surface area contributed by atoms with E-state index in [2.05, 4.69) is 66.9 Å². The standard InChI is InChI=1S/C24H25NO/c1-16-14-15-18(17-8-3-2-4-9-17)23(25-16)21-12-7-11-20-19-10-5-6-13-22(19)26-24(20)21/h2-3,5-8,10-11,13,16,21,25H,4,9,12,14-15H2,1H3. The maximum Gasteiger partial charge on any atom is 0.134 e. The van der Waals surface area contributed by atoms with Crippen LogP contribution in [0.15, 0.2) is 69.8 Å². The zero-order chi connectivity index (χ0) is 17.5. The van der Waals surface area contributed by atoms with Crippen LogP contribution in [0.25, 0.3) is 17.0 Å². The summed E-state index contributed by atoms with van der Waals surface area (Å²) >= 11 is 0. The van der Waals surface area contributed by atoms with Gasteiger partial charge in [-0.2, -0.15) is 0 Å². The molecule has 2 aliphatic carbocycles. The van der Waals surface area contributed by atoms with E-state index in [0.29, 0.717) is 12.0 Å². The van der Waals surface area contributed by atoms with Gasteiger partial charge in [-0.05, 0) is 56.2 Å². The maximum atomic E-state index is 6.37. The number of allylic oxidation sites excluding steroid dienone is 7. The van der Waals surface area contributed by atoms with Crippen LogP contribution in [0.5, 0.6) is 0 Å². The number of rotatable bonds is 2. The van der Waals surface area contributed by atoms with E-state index >= 15 is 0 Å². The van der Waals surface area contributed by atoms with Crippen LogP contribution in [0.1, 0.15) is 56.3 Å². The van der Waals surface area contributed by atoms with Crippen molar-refractivity contribution in [1.29, 1.82) is 0 Å². The number of para-hydroxylation sites is 1. The van der Waals surface area contributed by atoms with Gasteiger partial charge in [-0.3, -0.25) is 0 Å². The fourth-order valence-corrected chi connectivity index (χ4v) is 4.61. The van der Waals surface area contributed by atoms with Crippen molar-refractivity contribution in [2.24, 2.45) is 0 Å². The van der Waals surface area contributed by atoms with Crippen LogP contribution in [0.2, 0.25) is 0 Å². The smallest absolute Gasteiger partial charge is 0.134 e. The molecule has 0 bridgehead atoms. The number of furan rings is 1. The first-order valence-electron chi connectivity index (χ1n) is 9.85. The van der Waals surface area contributed by atoms with Gasteiger partial charge in [0.25, 0.3) is 0 Å². The predicted molar refractivity (Wildman–Crippen MR) is 108 cm³/mol. The molecule has 2 unspecified atom stereocenters. The van der Waals surface area contributed by atoms with Gasteiger partial charge in [-0.1, -0.05) is 48.6 Å². The molecule has 0 saturated heterocycles. The maximum absolute atomic E-state index is 6.37. The van der Waals surface area contributed by atoms with E-state index in [0.717, 1.165) is 30.6 Å². The Labute approximate surface area is 155 Å². The average Bonchev–Trinajstić information content (AvgIpc) is 3.07. The van der Waals surface area contributed by atoms with Gasteiger partial charge in [0, 0.05) is 22.7 Å². The van der Waals surface area contributed by atoms with Gasteiger partial charge >= 0.3 is 0 Å². The molecule has 132 valence electrons. The third kappa shape index (κ3) is 2.56. The minimum absolute atomic E-state index is 0.298. The molecule has 2 heterocycles. The van der Waals surface area contributed by atoms with Crippen molar-refractivity contribution < 1.29 is 4.42 Å². The summed E-state index contributed by atoms with van der Waals surface area (Å²) in [6, 6.07) is 8.93. The van der Waals surface area contributed by atoms with E-state index in [9.17, 15) is 0 Å². The second-order valence-electron chi connectivity index (χ2n) is 7.70. The Hall–Kier alpha value is -2.48. The molecule has 2 atom stereocenters. The highest BCUT2D eigenvalue weighted by molar-refractivity contribution is 5.89.